The summed E-state index contributed by atoms with van der Waals surface area (Å²) in [6.45, 7) is 3.08. The molecule has 0 aliphatic heterocycles. The molecular formula is C15H29NO. The molecule has 0 aromatic rings. The third kappa shape index (κ3) is 4.26. The Hall–Kier alpha value is -0.0800. The number of hydrogen-bond donors (Lipinski definition) is 2. The van der Waals surface area contributed by atoms with Crippen LogP contribution in [0.4, 0.5) is 0 Å². The van der Waals surface area contributed by atoms with Crippen LogP contribution in [0.2, 0.25) is 0 Å². The Balaban J connectivity index is 1.67. The number of rotatable bonds is 5. The monoisotopic (exact) mass is 239 g/mol. The molecule has 1 atom stereocenters. The Morgan fingerprint density at radius 1 is 1.12 bits per heavy atom. The van der Waals surface area contributed by atoms with E-state index in [9.17, 15) is 5.11 Å². The van der Waals surface area contributed by atoms with Gasteiger partial charge in [-0.2, -0.15) is 0 Å². The van der Waals surface area contributed by atoms with E-state index in [1.807, 2.05) is 0 Å². The van der Waals surface area contributed by atoms with Gasteiger partial charge in [0.05, 0.1) is 5.60 Å². The maximum atomic E-state index is 10.5. The molecule has 0 saturated heterocycles. The smallest absolute Gasteiger partial charge is 0.0771 e. The van der Waals surface area contributed by atoms with Gasteiger partial charge in [0.25, 0.3) is 0 Å². The van der Waals surface area contributed by atoms with Crippen LogP contribution in [0.25, 0.3) is 0 Å². The molecule has 2 rings (SSSR count). The maximum absolute atomic E-state index is 10.5. The average Bonchev–Trinajstić information content (AvgIpc) is 2.47. The van der Waals surface area contributed by atoms with Crippen LogP contribution < -0.4 is 5.32 Å². The summed E-state index contributed by atoms with van der Waals surface area (Å²) in [6.07, 6.45) is 12.6. The predicted molar refractivity (Wildman–Crippen MR) is 72.1 cm³/mol. The molecule has 0 spiro atoms. The SMILES string of the molecule is CC(CC1CCC1)NCC1(O)CCCCCC1. The molecule has 0 amide bonds. The minimum atomic E-state index is -0.412. The van der Waals surface area contributed by atoms with Crippen molar-refractivity contribution < 1.29 is 5.11 Å². The average molecular weight is 239 g/mol. The predicted octanol–water partition coefficient (Wildman–Crippen LogP) is 3.24. The highest BCUT2D eigenvalue weighted by atomic mass is 16.3. The van der Waals surface area contributed by atoms with Crippen LogP contribution in [0.15, 0.2) is 0 Å². The van der Waals surface area contributed by atoms with E-state index in [0.29, 0.717) is 6.04 Å². The van der Waals surface area contributed by atoms with Crippen molar-refractivity contribution in [1.29, 1.82) is 0 Å². The van der Waals surface area contributed by atoms with Crippen molar-refractivity contribution in [2.45, 2.75) is 82.8 Å². The second kappa shape index (κ2) is 6.19. The highest BCUT2D eigenvalue weighted by Gasteiger charge is 2.28. The second-order valence-corrected chi connectivity index (χ2v) is 6.45. The molecule has 2 heteroatoms. The lowest BCUT2D eigenvalue weighted by molar-refractivity contribution is 0.0221. The minimum absolute atomic E-state index is 0.412. The number of hydrogen-bond acceptors (Lipinski definition) is 2. The third-order valence-corrected chi connectivity index (χ3v) is 4.73. The molecule has 2 nitrogen and oxygen atoms in total. The van der Waals surface area contributed by atoms with Crippen molar-refractivity contribution in [3.8, 4) is 0 Å². The van der Waals surface area contributed by atoms with Crippen LogP contribution in [0.5, 0.6) is 0 Å². The van der Waals surface area contributed by atoms with Gasteiger partial charge in [-0.1, -0.05) is 44.9 Å². The Kier molecular flexibility index (Phi) is 4.87. The molecule has 2 aliphatic carbocycles. The second-order valence-electron chi connectivity index (χ2n) is 6.45. The lowest BCUT2D eigenvalue weighted by Crippen LogP contribution is -2.44. The molecule has 0 bridgehead atoms. The molecule has 2 N–H and O–H groups in total. The molecular weight excluding hydrogens is 210 g/mol. The van der Waals surface area contributed by atoms with Gasteiger partial charge >= 0.3 is 0 Å². The zero-order valence-electron chi connectivity index (χ0n) is 11.4. The van der Waals surface area contributed by atoms with Gasteiger partial charge in [0.15, 0.2) is 0 Å². The Labute approximate surface area is 106 Å². The molecule has 0 aromatic heterocycles. The summed E-state index contributed by atoms with van der Waals surface area (Å²) in [5.74, 6) is 0.960. The Bertz CT molecular complexity index is 217. The van der Waals surface area contributed by atoms with Crippen molar-refractivity contribution in [2.24, 2.45) is 5.92 Å². The van der Waals surface area contributed by atoms with Crippen LogP contribution in [-0.4, -0.2) is 23.3 Å². The first-order valence-corrected chi connectivity index (χ1v) is 7.64. The molecule has 100 valence electrons. The molecule has 0 aromatic carbocycles. The fourth-order valence-electron chi connectivity index (χ4n) is 3.24. The van der Waals surface area contributed by atoms with Crippen LogP contribution in [0, 0.1) is 5.92 Å². The molecule has 2 fully saturated rings. The minimum Gasteiger partial charge on any atom is -0.389 e. The topological polar surface area (TPSA) is 32.3 Å². The summed E-state index contributed by atoms with van der Waals surface area (Å²) >= 11 is 0. The van der Waals surface area contributed by atoms with Gasteiger partial charge in [-0.05, 0) is 32.1 Å². The third-order valence-electron chi connectivity index (χ3n) is 4.73. The summed E-state index contributed by atoms with van der Waals surface area (Å²) in [5.41, 5.74) is -0.412. The molecule has 2 saturated carbocycles. The van der Waals surface area contributed by atoms with Crippen LogP contribution in [-0.2, 0) is 0 Å². The zero-order valence-corrected chi connectivity index (χ0v) is 11.4. The first-order valence-electron chi connectivity index (χ1n) is 7.64. The summed E-state index contributed by atoms with van der Waals surface area (Å²) in [6, 6.07) is 0.576. The van der Waals surface area contributed by atoms with Crippen molar-refractivity contribution >= 4 is 0 Å². The molecule has 17 heavy (non-hydrogen) atoms. The number of nitrogens with one attached hydrogen (secondary N) is 1. The molecule has 1 unspecified atom stereocenters. The van der Waals surface area contributed by atoms with Gasteiger partial charge in [0, 0.05) is 12.6 Å². The van der Waals surface area contributed by atoms with E-state index in [-0.39, 0.29) is 0 Å². The van der Waals surface area contributed by atoms with E-state index in [0.717, 1.165) is 25.3 Å². The van der Waals surface area contributed by atoms with Crippen molar-refractivity contribution in [3.05, 3.63) is 0 Å². The van der Waals surface area contributed by atoms with Gasteiger partial charge in [-0.15, -0.1) is 0 Å². The van der Waals surface area contributed by atoms with Gasteiger partial charge in [0.1, 0.15) is 0 Å². The van der Waals surface area contributed by atoms with Gasteiger partial charge in [-0.25, -0.2) is 0 Å². The lowest BCUT2D eigenvalue weighted by atomic mass is 9.81. The van der Waals surface area contributed by atoms with E-state index < -0.39 is 5.60 Å². The first-order chi connectivity index (χ1) is 8.18. The molecule has 0 heterocycles. The van der Waals surface area contributed by atoms with Gasteiger partial charge < -0.3 is 10.4 Å². The maximum Gasteiger partial charge on any atom is 0.0771 e. The van der Waals surface area contributed by atoms with E-state index in [1.165, 1.54) is 51.4 Å². The summed E-state index contributed by atoms with van der Waals surface area (Å²) in [5, 5.41) is 14.1. The quantitative estimate of drug-likeness (QED) is 0.722. The fraction of sp³-hybridized carbons (Fsp3) is 1.00. The highest BCUT2D eigenvalue weighted by molar-refractivity contribution is 4.85. The van der Waals surface area contributed by atoms with Crippen LogP contribution >= 0.6 is 0 Å². The number of aliphatic hydroxyl groups is 1. The van der Waals surface area contributed by atoms with Crippen LogP contribution in [0.1, 0.15) is 71.1 Å². The van der Waals surface area contributed by atoms with E-state index in [1.54, 1.807) is 0 Å². The molecule has 0 radical (unpaired) electrons. The summed E-state index contributed by atoms with van der Waals surface area (Å²) in [4.78, 5) is 0. The first kappa shape index (κ1) is 13.4. The van der Waals surface area contributed by atoms with Gasteiger partial charge in [0.2, 0.25) is 0 Å². The summed E-state index contributed by atoms with van der Waals surface area (Å²) in [7, 11) is 0. The zero-order chi connectivity index (χ0) is 12.1. The van der Waals surface area contributed by atoms with Crippen molar-refractivity contribution in [3.63, 3.8) is 0 Å². The van der Waals surface area contributed by atoms with Crippen LogP contribution in [0.3, 0.4) is 0 Å². The highest BCUT2D eigenvalue weighted by Crippen LogP contribution is 2.31. The largest absolute Gasteiger partial charge is 0.389 e. The van der Waals surface area contributed by atoms with Crippen molar-refractivity contribution in [2.75, 3.05) is 6.54 Å². The van der Waals surface area contributed by atoms with E-state index in [4.69, 9.17) is 0 Å². The van der Waals surface area contributed by atoms with E-state index >= 15 is 0 Å². The van der Waals surface area contributed by atoms with Gasteiger partial charge in [-0.3, -0.25) is 0 Å². The summed E-state index contributed by atoms with van der Waals surface area (Å²) < 4.78 is 0. The van der Waals surface area contributed by atoms with E-state index in [2.05, 4.69) is 12.2 Å². The normalized spacial score (nSPS) is 27.2. The Morgan fingerprint density at radius 2 is 1.76 bits per heavy atom. The standard InChI is InChI=1S/C15H29NO/c1-13(11-14-7-6-8-14)16-12-15(17)9-4-2-3-5-10-15/h13-14,16-17H,2-12H2,1H3. The van der Waals surface area contributed by atoms with Crippen molar-refractivity contribution in [1.82, 2.24) is 5.32 Å². The lowest BCUT2D eigenvalue weighted by Gasteiger charge is -2.32. The molecule has 2 aliphatic rings. The fourth-order valence-corrected chi connectivity index (χ4v) is 3.24. The Morgan fingerprint density at radius 3 is 2.29 bits per heavy atom.